The number of anilines is 3. The number of nitrogens with one attached hydrogen (secondary N) is 1. The first-order valence-corrected chi connectivity index (χ1v) is 8.05. The van der Waals surface area contributed by atoms with Gasteiger partial charge < -0.3 is 10.2 Å². The summed E-state index contributed by atoms with van der Waals surface area (Å²) < 4.78 is 0. The molecule has 1 aliphatic heterocycles. The zero-order valence-electron chi connectivity index (χ0n) is 14.9. The number of nitrogens with zero attached hydrogens (tertiary/aromatic N) is 4. The maximum absolute atomic E-state index is 13.3. The molecule has 1 aliphatic rings. The summed E-state index contributed by atoms with van der Waals surface area (Å²) in [5, 5.41) is 25.3. The first-order valence-electron chi connectivity index (χ1n) is 8.05. The van der Waals surface area contributed by atoms with Gasteiger partial charge in [0.15, 0.2) is 0 Å². The molecule has 0 bridgehead atoms. The molecule has 1 heterocycles. The van der Waals surface area contributed by atoms with Crippen LogP contribution in [-0.2, 0) is 4.79 Å². The lowest BCUT2D eigenvalue weighted by Crippen LogP contribution is -2.42. The number of non-ortho nitro benzene ring substituents is 1. The van der Waals surface area contributed by atoms with Crippen molar-refractivity contribution >= 4 is 40.3 Å². The zero-order valence-corrected chi connectivity index (χ0v) is 14.9. The molecule has 28 heavy (non-hydrogen) atoms. The first-order chi connectivity index (χ1) is 13.2. The number of hydrogen-bond acceptors (Lipinski definition) is 7. The Labute approximate surface area is 158 Å². The van der Waals surface area contributed by atoms with Gasteiger partial charge in [-0.2, -0.15) is 0 Å². The third-order valence-corrected chi connectivity index (χ3v) is 4.18. The second-order valence-electron chi connectivity index (χ2n) is 6.23. The molecule has 144 valence electrons. The number of amides is 2. The van der Waals surface area contributed by atoms with Crippen molar-refractivity contribution in [2.75, 3.05) is 35.8 Å². The van der Waals surface area contributed by atoms with Gasteiger partial charge in [-0.3, -0.25) is 34.7 Å². The zero-order chi connectivity index (χ0) is 20.6. The summed E-state index contributed by atoms with van der Waals surface area (Å²) >= 11 is 0. The Morgan fingerprint density at radius 3 is 2.43 bits per heavy atom. The number of benzene rings is 2. The fourth-order valence-electron chi connectivity index (χ4n) is 3.04. The van der Waals surface area contributed by atoms with Gasteiger partial charge in [-0.25, -0.2) is 0 Å². The highest BCUT2D eigenvalue weighted by molar-refractivity contribution is 6.17. The molecule has 0 spiro atoms. The fourth-order valence-corrected chi connectivity index (χ4v) is 3.04. The van der Waals surface area contributed by atoms with Crippen molar-refractivity contribution in [3.8, 4) is 0 Å². The van der Waals surface area contributed by atoms with Crippen LogP contribution in [-0.4, -0.2) is 42.3 Å². The molecular formula is C17H15N5O6. The van der Waals surface area contributed by atoms with Gasteiger partial charge >= 0.3 is 0 Å². The number of hydrogen-bond donors (Lipinski definition) is 1. The largest absolute Gasteiger partial charge is 0.371 e. The van der Waals surface area contributed by atoms with Crippen LogP contribution < -0.4 is 15.1 Å². The molecule has 11 nitrogen and oxygen atoms in total. The van der Waals surface area contributed by atoms with E-state index in [9.17, 15) is 29.8 Å². The lowest BCUT2D eigenvalue weighted by atomic mass is 10.1. The van der Waals surface area contributed by atoms with E-state index in [-0.39, 0.29) is 17.8 Å². The molecular weight excluding hydrogens is 370 g/mol. The summed E-state index contributed by atoms with van der Waals surface area (Å²) in [6.45, 7) is -0.320. The van der Waals surface area contributed by atoms with Crippen LogP contribution in [0.15, 0.2) is 36.4 Å². The van der Waals surface area contributed by atoms with Gasteiger partial charge in [-0.05, 0) is 12.1 Å². The second kappa shape index (κ2) is 6.95. The quantitative estimate of drug-likeness (QED) is 0.628. The van der Waals surface area contributed by atoms with Crippen molar-refractivity contribution in [1.29, 1.82) is 0 Å². The average Bonchev–Trinajstić information content (AvgIpc) is 2.65. The van der Waals surface area contributed by atoms with Crippen molar-refractivity contribution in [1.82, 2.24) is 0 Å². The average molecular weight is 385 g/mol. The molecule has 0 atom stereocenters. The van der Waals surface area contributed by atoms with E-state index in [1.165, 1.54) is 19.0 Å². The Bertz CT molecular complexity index is 1020. The first kappa shape index (κ1) is 18.8. The Morgan fingerprint density at radius 2 is 1.82 bits per heavy atom. The molecule has 11 heteroatoms. The summed E-state index contributed by atoms with van der Waals surface area (Å²) in [5.74, 6) is -1.20. The Hall–Kier alpha value is -4.02. The summed E-state index contributed by atoms with van der Waals surface area (Å²) in [6, 6.07) is 8.35. The highest BCUT2D eigenvalue weighted by Crippen LogP contribution is 2.38. The summed E-state index contributed by atoms with van der Waals surface area (Å²) in [5.41, 5.74) is -0.684. The molecule has 0 fully saturated rings. The molecule has 2 aromatic carbocycles. The molecule has 0 saturated carbocycles. The number of nitro groups is 2. The van der Waals surface area contributed by atoms with E-state index >= 15 is 0 Å². The Kier molecular flexibility index (Phi) is 4.65. The molecule has 0 saturated heterocycles. The predicted molar refractivity (Wildman–Crippen MR) is 101 cm³/mol. The van der Waals surface area contributed by atoms with E-state index in [0.29, 0.717) is 11.4 Å². The van der Waals surface area contributed by atoms with Gasteiger partial charge in [-0.1, -0.05) is 12.1 Å². The fraction of sp³-hybridized carbons (Fsp3) is 0.176. The van der Waals surface area contributed by atoms with Crippen LogP contribution in [0.25, 0.3) is 0 Å². The monoisotopic (exact) mass is 385 g/mol. The van der Waals surface area contributed by atoms with Crippen LogP contribution in [0.5, 0.6) is 0 Å². The van der Waals surface area contributed by atoms with E-state index in [2.05, 4.69) is 5.32 Å². The van der Waals surface area contributed by atoms with E-state index in [1.807, 2.05) is 0 Å². The van der Waals surface area contributed by atoms with Crippen LogP contribution in [0.2, 0.25) is 0 Å². The molecule has 0 unspecified atom stereocenters. The number of carbonyl (C=O) groups excluding carboxylic acids is 2. The van der Waals surface area contributed by atoms with Gasteiger partial charge in [-0.15, -0.1) is 0 Å². The lowest BCUT2D eigenvalue weighted by molar-refractivity contribution is -0.393. The number of nitro benzene ring substituents is 2. The number of para-hydroxylation sites is 2. The number of carbonyl (C=O) groups is 2. The molecule has 3 rings (SSSR count). The minimum atomic E-state index is -0.805. The van der Waals surface area contributed by atoms with Crippen molar-refractivity contribution in [2.45, 2.75) is 0 Å². The predicted octanol–water partition coefficient (Wildman–Crippen LogP) is 2.17. The van der Waals surface area contributed by atoms with Crippen LogP contribution >= 0.6 is 0 Å². The van der Waals surface area contributed by atoms with Gasteiger partial charge in [0.1, 0.15) is 12.2 Å². The number of fused-ring (bicyclic) bond motifs is 1. The molecule has 2 aromatic rings. The van der Waals surface area contributed by atoms with E-state index in [1.54, 1.807) is 24.3 Å². The summed E-state index contributed by atoms with van der Waals surface area (Å²) in [7, 11) is 2.98. The third kappa shape index (κ3) is 3.20. The van der Waals surface area contributed by atoms with Gasteiger partial charge in [0.05, 0.1) is 32.9 Å². The highest BCUT2D eigenvalue weighted by Gasteiger charge is 2.34. The Morgan fingerprint density at radius 1 is 1.14 bits per heavy atom. The minimum absolute atomic E-state index is 0.0796. The smallest absolute Gasteiger partial charge is 0.300 e. The maximum Gasteiger partial charge on any atom is 0.300 e. The van der Waals surface area contributed by atoms with Gasteiger partial charge in [0, 0.05) is 20.2 Å². The molecule has 1 N–H and O–H groups in total. The van der Waals surface area contributed by atoms with E-state index in [0.717, 1.165) is 17.0 Å². The highest BCUT2D eigenvalue weighted by atomic mass is 16.6. The third-order valence-electron chi connectivity index (χ3n) is 4.18. The van der Waals surface area contributed by atoms with Crippen LogP contribution in [0.3, 0.4) is 0 Å². The van der Waals surface area contributed by atoms with Crippen LogP contribution in [0.4, 0.5) is 28.4 Å². The second-order valence-corrected chi connectivity index (χ2v) is 6.23. The van der Waals surface area contributed by atoms with Crippen LogP contribution in [0.1, 0.15) is 10.4 Å². The topological polar surface area (TPSA) is 139 Å². The summed E-state index contributed by atoms with van der Waals surface area (Å²) in [4.78, 5) is 48.9. The van der Waals surface area contributed by atoms with E-state index in [4.69, 9.17) is 0 Å². The maximum atomic E-state index is 13.3. The standard InChI is InChI=1S/C17H15N5O6/c1-19(2)16-11(7-10(21(25)26)8-14(16)22(27)28)17(24)20-9-15(23)18-12-5-3-4-6-13(12)20/h3-8H,9H2,1-2H3,(H,18,23). The summed E-state index contributed by atoms with van der Waals surface area (Å²) in [6.07, 6.45) is 0. The molecule has 0 aliphatic carbocycles. The molecule has 0 radical (unpaired) electrons. The van der Waals surface area contributed by atoms with Crippen molar-refractivity contribution in [2.24, 2.45) is 0 Å². The molecule has 2 amide bonds. The Balaban J connectivity index is 2.23. The van der Waals surface area contributed by atoms with E-state index < -0.39 is 33.0 Å². The van der Waals surface area contributed by atoms with Crippen molar-refractivity contribution in [3.63, 3.8) is 0 Å². The SMILES string of the molecule is CN(C)c1c(C(=O)N2CC(=O)Nc3ccccc32)cc([N+](=O)[O-])cc1[N+](=O)[O-]. The normalized spacial score (nSPS) is 12.8. The van der Waals surface area contributed by atoms with Crippen LogP contribution in [0, 0.1) is 20.2 Å². The van der Waals surface area contributed by atoms with Gasteiger partial charge in [0.2, 0.25) is 5.91 Å². The lowest BCUT2D eigenvalue weighted by Gasteiger charge is -2.30. The van der Waals surface area contributed by atoms with Crippen molar-refractivity contribution < 1.29 is 19.4 Å². The molecule has 0 aromatic heterocycles. The minimum Gasteiger partial charge on any atom is -0.371 e. The van der Waals surface area contributed by atoms with Gasteiger partial charge in [0.25, 0.3) is 17.3 Å². The van der Waals surface area contributed by atoms with Crippen molar-refractivity contribution in [3.05, 3.63) is 62.2 Å². The number of rotatable bonds is 4.